The van der Waals surface area contributed by atoms with Gasteiger partial charge in [0, 0.05) is 27.2 Å². The molecule has 0 spiro atoms. The molecule has 0 amide bonds. The molecule has 1 aromatic heterocycles. The van der Waals surface area contributed by atoms with Crippen molar-refractivity contribution in [1.82, 2.24) is 4.98 Å². The molecule has 2 saturated heterocycles. The lowest BCUT2D eigenvalue weighted by atomic mass is 9.85. The van der Waals surface area contributed by atoms with Crippen molar-refractivity contribution in [2.45, 2.75) is 42.6 Å². The van der Waals surface area contributed by atoms with Gasteiger partial charge in [-0.3, -0.25) is 9.00 Å². The van der Waals surface area contributed by atoms with Gasteiger partial charge in [0.1, 0.15) is 17.5 Å². The topological polar surface area (TPSA) is 70.8 Å². The Hall–Kier alpha value is -1.54. The molecule has 0 aromatic carbocycles. The van der Waals surface area contributed by atoms with Gasteiger partial charge in [-0.15, -0.1) is 0 Å². The highest BCUT2D eigenvalue weighted by atomic mass is 32.2. The molecule has 2 unspecified atom stereocenters. The van der Waals surface area contributed by atoms with Gasteiger partial charge in [0.25, 0.3) is 0 Å². The number of Topliss-reactive ketones (excluding diaryl/α,β-unsaturated/α-hetero) is 1. The van der Waals surface area contributed by atoms with Crippen LogP contribution in [0.2, 0.25) is 0 Å². The van der Waals surface area contributed by atoms with Crippen molar-refractivity contribution in [3.63, 3.8) is 0 Å². The Morgan fingerprint density at radius 1 is 1.30 bits per heavy atom. The molecule has 0 radical (unpaired) electrons. The lowest BCUT2D eigenvalue weighted by Gasteiger charge is -2.37. The van der Waals surface area contributed by atoms with Crippen molar-refractivity contribution < 1.29 is 9.00 Å². The maximum atomic E-state index is 12.5. The van der Waals surface area contributed by atoms with E-state index in [2.05, 4.69) is 4.98 Å². The van der Waals surface area contributed by atoms with Crippen molar-refractivity contribution in [2.24, 2.45) is 5.92 Å². The van der Waals surface area contributed by atoms with Crippen LogP contribution in [0.3, 0.4) is 0 Å². The number of hydrogen-bond acceptors (Lipinski definition) is 4. The molecule has 4 nitrogen and oxygen atoms in total. The van der Waals surface area contributed by atoms with Gasteiger partial charge in [0.05, 0.1) is 0 Å². The maximum Gasteiger partial charge on any atom is 0.184 e. The van der Waals surface area contributed by atoms with E-state index >= 15 is 0 Å². The molecule has 2 fully saturated rings. The lowest BCUT2D eigenvalue weighted by molar-refractivity contribution is 0.0890. The first-order valence-corrected chi connectivity index (χ1v) is 8.27. The quantitative estimate of drug-likeness (QED) is 0.782. The number of carbonyl (C=O) groups is 1. The molecule has 0 aliphatic carbocycles. The van der Waals surface area contributed by atoms with Gasteiger partial charge in [0.15, 0.2) is 5.78 Å². The highest BCUT2D eigenvalue weighted by Crippen LogP contribution is 2.38. The first-order valence-electron chi connectivity index (χ1n) is 7.00. The number of nitrogens with zero attached hydrogens (tertiary/aromatic N) is 2. The van der Waals surface area contributed by atoms with E-state index in [4.69, 9.17) is 5.26 Å². The molecule has 0 N–H and O–H groups in total. The molecule has 3 rings (SSSR count). The van der Waals surface area contributed by atoms with Gasteiger partial charge < -0.3 is 0 Å². The minimum atomic E-state index is -0.761. The van der Waals surface area contributed by atoms with Crippen molar-refractivity contribution >= 4 is 16.6 Å². The van der Waals surface area contributed by atoms with E-state index in [1.54, 1.807) is 18.2 Å². The Morgan fingerprint density at radius 2 is 2.00 bits per heavy atom. The van der Waals surface area contributed by atoms with Gasteiger partial charge in [-0.05, 0) is 37.8 Å². The minimum Gasteiger partial charge on any atom is -0.292 e. The number of carbonyl (C=O) groups excluding carboxylic acids is 1. The fraction of sp³-hybridized carbons (Fsp3) is 0.533. The average Bonchev–Trinajstić information content (AvgIpc) is 2.46. The molecule has 5 heteroatoms. The van der Waals surface area contributed by atoms with Crippen LogP contribution in [0.5, 0.6) is 0 Å². The Kier molecular flexibility index (Phi) is 3.66. The van der Waals surface area contributed by atoms with E-state index in [9.17, 15) is 9.00 Å². The van der Waals surface area contributed by atoms with Crippen LogP contribution in [0.1, 0.15) is 48.3 Å². The summed E-state index contributed by atoms with van der Waals surface area (Å²) in [7, 11) is -0.761. The Bertz CT molecular complexity index is 592. The van der Waals surface area contributed by atoms with Gasteiger partial charge >= 0.3 is 0 Å². The first kappa shape index (κ1) is 13.4. The van der Waals surface area contributed by atoms with Crippen LogP contribution in [0.4, 0.5) is 0 Å². The molecular formula is C15H16N2O2S. The van der Waals surface area contributed by atoms with Crippen LogP contribution in [-0.4, -0.2) is 25.5 Å². The fourth-order valence-electron chi connectivity index (χ4n) is 3.29. The zero-order valence-corrected chi connectivity index (χ0v) is 11.9. The van der Waals surface area contributed by atoms with Gasteiger partial charge in [-0.1, -0.05) is 12.5 Å². The zero-order chi connectivity index (χ0) is 14.1. The molecule has 2 aliphatic rings. The average molecular weight is 288 g/mol. The molecule has 2 bridgehead atoms. The highest BCUT2D eigenvalue weighted by Gasteiger charge is 2.40. The standard InChI is InChI=1S/C15H16N2O2S/c16-9-11-3-1-6-14(17-11)15(18)10-7-12-4-2-5-13(8-10)20(12)19/h1,3,6,10,12-13H,2,4-5,7-8H2. The third-order valence-electron chi connectivity index (χ3n) is 4.29. The van der Waals surface area contributed by atoms with Crippen LogP contribution < -0.4 is 0 Å². The summed E-state index contributed by atoms with van der Waals surface area (Å²) in [6, 6.07) is 6.92. The van der Waals surface area contributed by atoms with Crippen molar-refractivity contribution in [1.29, 1.82) is 5.26 Å². The Labute approximate surface area is 120 Å². The number of nitriles is 1. The second-order valence-electron chi connectivity index (χ2n) is 5.56. The predicted octanol–water partition coefficient (Wildman–Crippen LogP) is 2.22. The van der Waals surface area contributed by atoms with E-state index in [1.165, 1.54) is 0 Å². The van der Waals surface area contributed by atoms with Crippen LogP contribution in [0.25, 0.3) is 0 Å². The summed E-state index contributed by atoms with van der Waals surface area (Å²) in [6.45, 7) is 0. The molecule has 0 saturated carbocycles. The molecule has 2 aliphatic heterocycles. The summed E-state index contributed by atoms with van der Waals surface area (Å²) >= 11 is 0. The summed E-state index contributed by atoms with van der Waals surface area (Å²) in [4.78, 5) is 16.6. The van der Waals surface area contributed by atoms with Crippen LogP contribution in [0, 0.1) is 17.2 Å². The van der Waals surface area contributed by atoms with Gasteiger partial charge in [0.2, 0.25) is 0 Å². The van der Waals surface area contributed by atoms with Gasteiger partial charge in [-0.2, -0.15) is 5.26 Å². The van der Waals surface area contributed by atoms with E-state index in [-0.39, 0.29) is 27.9 Å². The largest absolute Gasteiger partial charge is 0.292 e. The van der Waals surface area contributed by atoms with E-state index in [1.807, 2.05) is 6.07 Å². The number of fused-ring (bicyclic) bond motifs is 2. The molecule has 2 atom stereocenters. The Balaban J connectivity index is 1.81. The summed E-state index contributed by atoms with van der Waals surface area (Å²) < 4.78 is 12.2. The molecule has 3 heterocycles. The molecule has 104 valence electrons. The third-order valence-corrected chi connectivity index (χ3v) is 6.46. The SMILES string of the molecule is N#Cc1cccc(C(=O)C2CC3CCCC(C2)S3=O)n1. The summed E-state index contributed by atoms with van der Waals surface area (Å²) in [5, 5.41) is 9.21. The number of aromatic nitrogens is 1. The number of ketones is 1. The predicted molar refractivity (Wildman–Crippen MR) is 75.6 cm³/mol. The summed E-state index contributed by atoms with van der Waals surface area (Å²) in [6.07, 6.45) is 4.49. The lowest BCUT2D eigenvalue weighted by Crippen LogP contribution is -2.41. The van der Waals surface area contributed by atoms with Crippen LogP contribution in [0.15, 0.2) is 18.2 Å². The Morgan fingerprint density at radius 3 is 2.65 bits per heavy atom. The first-order chi connectivity index (χ1) is 9.69. The maximum absolute atomic E-state index is 12.5. The van der Waals surface area contributed by atoms with E-state index in [0.717, 1.165) is 19.3 Å². The minimum absolute atomic E-state index is 0.00991. The van der Waals surface area contributed by atoms with Crippen LogP contribution >= 0.6 is 0 Å². The molecule has 1 aromatic rings. The summed E-state index contributed by atoms with van der Waals surface area (Å²) in [5.74, 6) is -0.0693. The second kappa shape index (κ2) is 5.45. The summed E-state index contributed by atoms with van der Waals surface area (Å²) in [5.41, 5.74) is 0.648. The molecule has 20 heavy (non-hydrogen) atoms. The zero-order valence-electron chi connectivity index (χ0n) is 11.1. The third kappa shape index (κ3) is 2.40. The number of rotatable bonds is 2. The van der Waals surface area contributed by atoms with Crippen molar-refractivity contribution in [3.8, 4) is 6.07 Å². The van der Waals surface area contributed by atoms with E-state index in [0.29, 0.717) is 18.5 Å². The fourth-order valence-corrected chi connectivity index (χ4v) is 5.48. The van der Waals surface area contributed by atoms with Crippen LogP contribution in [-0.2, 0) is 10.8 Å². The second-order valence-corrected chi connectivity index (χ2v) is 7.55. The number of hydrogen-bond donors (Lipinski definition) is 0. The van der Waals surface area contributed by atoms with Crippen molar-refractivity contribution in [3.05, 3.63) is 29.6 Å². The number of pyridine rings is 1. The normalized spacial score (nSPS) is 32.4. The molecular weight excluding hydrogens is 272 g/mol. The highest BCUT2D eigenvalue weighted by molar-refractivity contribution is 7.86. The van der Waals surface area contributed by atoms with Crippen molar-refractivity contribution in [2.75, 3.05) is 0 Å². The monoisotopic (exact) mass is 288 g/mol. The smallest absolute Gasteiger partial charge is 0.184 e. The van der Waals surface area contributed by atoms with E-state index < -0.39 is 10.8 Å². The van der Waals surface area contributed by atoms with Gasteiger partial charge in [-0.25, -0.2) is 4.98 Å².